The molecule has 0 saturated carbocycles. The van der Waals surface area contributed by atoms with E-state index < -0.39 is 6.10 Å². The Morgan fingerprint density at radius 2 is 0.562 bits per heavy atom. The Morgan fingerprint density at radius 3 is 0.859 bits per heavy atom. The first-order valence-electron chi connectivity index (χ1n) is 28.3. The molecule has 0 aromatic carbocycles. The van der Waals surface area contributed by atoms with Crippen molar-refractivity contribution in [3.63, 3.8) is 0 Å². The van der Waals surface area contributed by atoms with E-state index in [1.165, 1.54) is 205 Å². The molecule has 0 aromatic rings. The third-order valence-corrected chi connectivity index (χ3v) is 12.7. The van der Waals surface area contributed by atoms with Gasteiger partial charge in [-0.25, -0.2) is 0 Å². The minimum Gasteiger partial charge on any atom is -0.462 e. The second-order valence-corrected chi connectivity index (χ2v) is 19.2. The van der Waals surface area contributed by atoms with Crippen LogP contribution in [0.25, 0.3) is 0 Å². The van der Waals surface area contributed by atoms with E-state index in [1.54, 1.807) is 0 Å². The van der Waals surface area contributed by atoms with E-state index in [4.69, 9.17) is 14.2 Å². The maximum atomic E-state index is 12.8. The first-order chi connectivity index (χ1) is 31.5. The van der Waals surface area contributed by atoms with Crippen LogP contribution >= 0.6 is 0 Å². The normalized spacial score (nSPS) is 12.1. The van der Waals surface area contributed by atoms with Gasteiger partial charge in [0.25, 0.3) is 0 Å². The third-order valence-electron chi connectivity index (χ3n) is 12.7. The van der Waals surface area contributed by atoms with Crippen molar-refractivity contribution in [2.24, 2.45) is 0 Å². The highest BCUT2D eigenvalue weighted by Crippen LogP contribution is 2.17. The molecule has 1 unspecified atom stereocenters. The molecule has 0 aliphatic rings. The highest BCUT2D eigenvalue weighted by Gasteiger charge is 2.19. The van der Waals surface area contributed by atoms with Crippen LogP contribution in [-0.2, 0) is 28.6 Å². The van der Waals surface area contributed by atoms with Crippen molar-refractivity contribution in [3.8, 4) is 0 Å². The summed E-state index contributed by atoms with van der Waals surface area (Å²) < 4.78 is 16.8. The molecule has 0 saturated heterocycles. The minimum absolute atomic E-state index is 0.0679. The molecule has 0 spiro atoms. The van der Waals surface area contributed by atoms with Gasteiger partial charge in [0, 0.05) is 19.3 Å². The number of unbranched alkanes of at least 4 members (excludes halogenated alkanes) is 37. The highest BCUT2D eigenvalue weighted by molar-refractivity contribution is 5.71. The van der Waals surface area contributed by atoms with Crippen LogP contribution in [0.15, 0.2) is 24.3 Å². The number of allylic oxidation sites excluding steroid dienone is 4. The van der Waals surface area contributed by atoms with Gasteiger partial charge in [-0.1, -0.05) is 263 Å². The molecule has 0 aliphatic heterocycles. The first kappa shape index (κ1) is 61.9. The molecule has 0 radical (unpaired) electrons. The van der Waals surface area contributed by atoms with E-state index >= 15 is 0 Å². The molecule has 0 fully saturated rings. The Morgan fingerprint density at radius 1 is 0.312 bits per heavy atom. The summed E-state index contributed by atoms with van der Waals surface area (Å²) in [5.41, 5.74) is 0. The van der Waals surface area contributed by atoms with Crippen LogP contribution < -0.4 is 0 Å². The van der Waals surface area contributed by atoms with Crippen LogP contribution in [-0.4, -0.2) is 37.2 Å². The highest BCUT2D eigenvalue weighted by atomic mass is 16.6. The maximum absolute atomic E-state index is 12.8. The largest absolute Gasteiger partial charge is 0.462 e. The number of hydrogen-bond acceptors (Lipinski definition) is 6. The van der Waals surface area contributed by atoms with Crippen molar-refractivity contribution < 1.29 is 28.6 Å². The average molecular weight is 901 g/mol. The van der Waals surface area contributed by atoms with Crippen LogP contribution in [0, 0.1) is 0 Å². The van der Waals surface area contributed by atoms with Crippen LogP contribution in [0.3, 0.4) is 0 Å². The predicted molar refractivity (Wildman–Crippen MR) is 275 cm³/mol. The van der Waals surface area contributed by atoms with Crippen molar-refractivity contribution >= 4 is 17.9 Å². The van der Waals surface area contributed by atoms with Crippen molar-refractivity contribution in [2.75, 3.05) is 13.2 Å². The first-order valence-corrected chi connectivity index (χ1v) is 28.3. The fraction of sp³-hybridized carbons (Fsp3) is 0.879. The minimum atomic E-state index is -0.766. The molecule has 376 valence electrons. The Kier molecular flexibility index (Phi) is 51.7. The van der Waals surface area contributed by atoms with Gasteiger partial charge in [0.05, 0.1) is 0 Å². The maximum Gasteiger partial charge on any atom is 0.306 e. The fourth-order valence-corrected chi connectivity index (χ4v) is 8.42. The Bertz CT molecular complexity index is 1040. The molecule has 0 aromatic heterocycles. The van der Waals surface area contributed by atoms with Crippen LogP contribution in [0.1, 0.15) is 310 Å². The van der Waals surface area contributed by atoms with E-state index in [9.17, 15) is 14.4 Å². The Balaban J connectivity index is 4.20. The molecular formula is C58H108O6. The second kappa shape index (κ2) is 53.5. The lowest BCUT2D eigenvalue weighted by molar-refractivity contribution is -0.167. The van der Waals surface area contributed by atoms with Crippen molar-refractivity contribution in [3.05, 3.63) is 24.3 Å². The van der Waals surface area contributed by atoms with Gasteiger partial charge in [0.1, 0.15) is 13.2 Å². The summed E-state index contributed by atoms with van der Waals surface area (Å²) in [7, 11) is 0. The van der Waals surface area contributed by atoms with Gasteiger partial charge in [-0.15, -0.1) is 0 Å². The molecule has 0 heterocycles. The summed E-state index contributed by atoms with van der Waals surface area (Å²) in [4.78, 5) is 38.0. The lowest BCUT2D eigenvalue weighted by Crippen LogP contribution is -2.30. The van der Waals surface area contributed by atoms with E-state index in [-0.39, 0.29) is 31.1 Å². The van der Waals surface area contributed by atoms with Gasteiger partial charge in [-0.2, -0.15) is 0 Å². The SMILES string of the molecule is CCCCCCC/C=C\C/C=C\CCCCCCCCCCCC(=O)OCC(COC(=O)CCCCCCCCCC)OC(=O)CCCCCCCCCCCCCCCCCCC. The Hall–Kier alpha value is -2.11. The summed E-state index contributed by atoms with van der Waals surface area (Å²) in [6, 6.07) is 0. The molecule has 0 bridgehead atoms. The van der Waals surface area contributed by atoms with E-state index in [0.717, 1.165) is 64.2 Å². The van der Waals surface area contributed by atoms with Crippen LogP contribution in [0.2, 0.25) is 0 Å². The van der Waals surface area contributed by atoms with Crippen LogP contribution in [0.4, 0.5) is 0 Å². The number of carbonyl (C=O) groups excluding carboxylic acids is 3. The summed E-state index contributed by atoms with van der Waals surface area (Å²) in [6.07, 6.45) is 61.8. The summed E-state index contributed by atoms with van der Waals surface area (Å²) in [5.74, 6) is -0.858. The molecular weight excluding hydrogens is 793 g/mol. The van der Waals surface area contributed by atoms with E-state index in [1.807, 2.05) is 0 Å². The van der Waals surface area contributed by atoms with Crippen LogP contribution in [0.5, 0.6) is 0 Å². The standard InChI is InChI=1S/C58H108O6/c1-4-7-10-13-16-19-21-23-25-27-28-29-30-32-33-35-37-39-42-45-48-51-57(60)63-54-55(53-62-56(59)50-47-44-41-18-15-12-9-6-3)64-58(61)52-49-46-43-40-38-36-34-31-26-24-22-20-17-14-11-8-5-2/h21,23,27-28,55H,4-20,22,24-26,29-54H2,1-3H3/b23-21-,28-27-. The molecule has 0 rings (SSSR count). The zero-order valence-corrected chi connectivity index (χ0v) is 43.1. The number of esters is 3. The molecule has 0 amide bonds. The smallest absolute Gasteiger partial charge is 0.306 e. The summed E-state index contributed by atoms with van der Waals surface area (Å²) in [5, 5.41) is 0. The second-order valence-electron chi connectivity index (χ2n) is 19.2. The number of ether oxygens (including phenoxy) is 3. The molecule has 64 heavy (non-hydrogen) atoms. The van der Waals surface area contributed by atoms with Gasteiger partial charge in [0.15, 0.2) is 6.10 Å². The zero-order valence-electron chi connectivity index (χ0n) is 43.1. The predicted octanol–water partition coefficient (Wildman–Crippen LogP) is 18.7. The van der Waals surface area contributed by atoms with Gasteiger partial charge in [0.2, 0.25) is 0 Å². The van der Waals surface area contributed by atoms with Gasteiger partial charge in [-0.05, 0) is 51.4 Å². The fourth-order valence-electron chi connectivity index (χ4n) is 8.42. The zero-order chi connectivity index (χ0) is 46.5. The molecule has 1 atom stereocenters. The van der Waals surface area contributed by atoms with Crippen molar-refractivity contribution in [2.45, 2.75) is 316 Å². The quantitative estimate of drug-likeness (QED) is 0.0262. The van der Waals surface area contributed by atoms with Gasteiger partial charge >= 0.3 is 17.9 Å². The van der Waals surface area contributed by atoms with Crippen molar-refractivity contribution in [1.82, 2.24) is 0 Å². The molecule has 0 N–H and O–H groups in total. The topological polar surface area (TPSA) is 78.9 Å². The molecule has 6 nitrogen and oxygen atoms in total. The van der Waals surface area contributed by atoms with Gasteiger partial charge in [-0.3, -0.25) is 14.4 Å². The summed E-state index contributed by atoms with van der Waals surface area (Å²) >= 11 is 0. The van der Waals surface area contributed by atoms with E-state index in [2.05, 4.69) is 45.1 Å². The lowest BCUT2D eigenvalue weighted by atomic mass is 10.0. The summed E-state index contributed by atoms with van der Waals surface area (Å²) in [6.45, 7) is 6.64. The number of hydrogen-bond donors (Lipinski definition) is 0. The average Bonchev–Trinajstić information content (AvgIpc) is 3.29. The van der Waals surface area contributed by atoms with Gasteiger partial charge < -0.3 is 14.2 Å². The lowest BCUT2D eigenvalue weighted by Gasteiger charge is -2.18. The number of rotatable bonds is 52. The number of carbonyl (C=O) groups is 3. The molecule has 6 heteroatoms. The molecule has 0 aliphatic carbocycles. The van der Waals surface area contributed by atoms with E-state index in [0.29, 0.717) is 19.3 Å². The van der Waals surface area contributed by atoms with Crippen molar-refractivity contribution in [1.29, 1.82) is 0 Å². The monoisotopic (exact) mass is 901 g/mol. The Labute approximate surface area is 398 Å². The third kappa shape index (κ3) is 50.9.